The smallest absolute Gasteiger partial charge is 0.132 e. The Morgan fingerprint density at radius 3 is 0.974 bits per heavy atom. The molecule has 13 aromatic rings. The van der Waals surface area contributed by atoms with Crippen molar-refractivity contribution in [2.75, 3.05) is 0 Å². The molecule has 0 aliphatic carbocycles. The number of ether oxygens (including phenoxy) is 2. The predicted octanol–water partition coefficient (Wildman–Crippen LogP) is 19.6. The Morgan fingerprint density at radius 1 is 0.218 bits per heavy atom. The molecular formula is C76H50O2. The Bertz CT molecular complexity index is 4090. The molecule has 2 nitrogen and oxygen atoms in total. The molecule has 0 amide bonds. The SMILES string of the molecule is c1ccc(-c2ccccc2-c2c3cccc(-c4cccc5c4C(c4ccccc4)(c4ccccc4)c4ccccc4O5)c3cc3c(-c4cccc5c4C(c4ccccc4)(c4ccccc4)c4ccccc4O5)cccc23)cc1. The lowest BCUT2D eigenvalue weighted by molar-refractivity contribution is 0.435. The molecule has 2 aliphatic rings. The standard InChI is InChI=1S/C76H50O2/c1-6-26-51(27-7-1)56-36-16-17-37-59(56)72-60-40-22-38-57(62-42-24-48-70-73(62)75(52-28-8-2-9-29-52,53-30-10-3-11-31-53)66-44-18-20-46-68(66)77-70)64(60)50-65-58(39-23-41-61(65)72)63-43-25-49-71-74(63)76(54-32-12-4-13-33-54,55-34-14-5-15-35-55)67-45-19-21-47-69(67)78-71/h1-50H. The van der Waals surface area contributed by atoms with Gasteiger partial charge in [0.2, 0.25) is 0 Å². The molecular weight excluding hydrogens is 945 g/mol. The lowest BCUT2D eigenvalue weighted by Gasteiger charge is -2.43. The Morgan fingerprint density at radius 2 is 0.538 bits per heavy atom. The molecule has 0 N–H and O–H groups in total. The summed E-state index contributed by atoms with van der Waals surface area (Å²) >= 11 is 0. The molecule has 0 aromatic heterocycles. The van der Waals surface area contributed by atoms with Gasteiger partial charge in [0.1, 0.15) is 23.0 Å². The highest BCUT2D eigenvalue weighted by Crippen LogP contribution is 2.61. The van der Waals surface area contributed by atoms with Gasteiger partial charge in [-0.25, -0.2) is 0 Å². The fourth-order valence-corrected chi connectivity index (χ4v) is 13.5. The summed E-state index contributed by atoms with van der Waals surface area (Å²) in [4.78, 5) is 0. The summed E-state index contributed by atoms with van der Waals surface area (Å²) in [5.74, 6) is 3.37. The van der Waals surface area contributed by atoms with Gasteiger partial charge in [0.25, 0.3) is 0 Å². The summed E-state index contributed by atoms with van der Waals surface area (Å²) in [6.45, 7) is 0. The lowest BCUT2D eigenvalue weighted by atomic mass is 9.62. The largest absolute Gasteiger partial charge is 0.457 e. The van der Waals surface area contributed by atoms with E-state index in [1.54, 1.807) is 0 Å². The van der Waals surface area contributed by atoms with E-state index in [9.17, 15) is 0 Å². The third-order valence-corrected chi connectivity index (χ3v) is 16.6. The van der Waals surface area contributed by atoms with Gasteiger partial charge in [0.05, 0.1) is 10.8 Å². The molecule has 2 aliphatic heterocycles. The van der Waals surface area contributed by atoms with E-state index in [1.165, 1.54) is 38.9 Å². The van der Waals surface area contributed by atoms with Crippen LogP contribution in [0.25, 0.3) is 66.1 Å². The van der Waals surface area contributed by atoms with Crippen molar-refractivity contribution in [2.45, 2.75) is 10.8 Å². The first-order chi connectivity index (χ1) is 38.7. The number of rotatable bonds is 8. The number of fused-ring (bicyclic) bond motifs is 6. The first-order valence-electron chi connectivity index (χ1n) is 26.9. The highest BCUT2D eigenvalue weighted by atomic mass is 16.5. The van der Waals surface area contributed by atoms with Gasteiger partial charge in [-0.05, 0) is 119 Å². The van der Waals surface area contributed by atoms with Crippen LogP contribution in [0.4, 0.5) is 0 Å². The Labute approximate surface area is 454 Å². The van der Waals surface area contributed by atoms with Crippen LogP contribution in [0.3, 0.4) is 0 Å². The normalized spacial score (nSPS) is 13.5. The number of benzene rings is 13. The second-order valence-electron chi connectivity index (χ2n) is 20.5. The van der Waals surface area contributed by atoms with Crippen molar-refractivity contribution in [1.29, 1.82) is 0 Å². The van der Waals surface area contributed by atoms with E-state index in [0.717, 1.165) is 94.6 Å². The quantitative estimate of drug-likeness (QED) is 0.141. The first kappa shape index (κ1) is 45.4. The van der Waals surface area contributed by atoms with Crippen molar-refractivity contribution in [3.8, 4) is 67.5 Å². The van der Waals surface area contributed by atoms with Crippen molar-refractivity contribution in [3.63, 3.8) is 0 Å². The van der Waals surface area contributed by atoms with Crippen LogP contribution in [0.5, 0.6) is 23.0 Å². The third-order valence-electron chi connectivity index (χ3n) is 16.6. The van der Waals surface area contributed by atoms with Crippen LogP contribution >= 0.6 is 0 Å². The zero-order valence-electron chi connectivity index (χ0n) is 42.7. The number of para-hydroxylation sites is 2. The van der Waals surface area contributed by atoms with E-state index in [4.69, 9.17) is 9.47 Å². The molecule has 78 heavy (non-hydrogen) atoms. The summed E-state index contributed by atoms with van der Waals surface area (Å²) in [5.41, 5.74) is 16.7. The summed E-state index contributed by atoms with van der Waals surface area (Å²) in [6, 6.07) is 111. The average Bonchev–Trinajstić information content (AvgIpc) is 3.57. The van der Waals surface area contributed by atoms with Crippen LogP contribution in [-0.2, 0) is 10.8 Å². The zero-order valence-corrected chi connectivity index (χ0v) is 42.7. The molecule has 2 heteroatoms. The van der Waals surface area contributed by atoms with Crippen molar-refractivity contribution in [1.82, 2.24) is 0 Å². The van der Waals surface area contributed by atoms with Gasteiger partial charge in [0.15, 0.2) is 0 Å². The molecule has 0 spiro atoms. The molecule has 2 heterocycles. The maximum absolute atomic E-state index is 7.11. The number of hydrogen-bond acceptors (Lipinski definition) is 2. The maximum atomic E-state index is 7.11. The van der Waals surface area contributed by atoms with E-state index in [-0.39, 0.29) is 0 Å². The summed E-state index contributed by atoms with van der Waals surface area (Å²) in [5, 5.41) is 4.61. The fraction of sp³-hybridized carbons (Fsp3) is 0.0263. The average molecular weight is 995 g/mol. The van der Waals surface area contributed by atoms with Crippen molar-refractivity contribution in [3.05, 3.63) is 348 Å². The fourth-order valence-electron chi connectivity index (χ4n) is 13.5. The zero-order chi connectivity index (χ0) is 51.6. The Kier molecular flexibility index (Phi) is 10.7. The first-order valence-corrected chi connectivity index (χ1v) is 26.9. The van der Waals surface area contributed by atoms with Gasteiger partial charge in [-0.1, -0.05) is 273 Å². The molecule has 0 bridgehead atoms. The second kappa shape index (κ2) is 18.4. The van der Waals surface area contributed by atoms with Crippen LogP contribution in [0.1, 0.15) is 44.5 Å². The van der Waals surface area contributed by atoms with Crippen LogP contribution < -0.4 is 9.47 Å². The molecule has 15 rings (SSSR count). The highest BCUT2D eigenvalue weighted by Gasteiger charge is 2.48. The maximum Gasteiger partial charge on any atom is 0.132 e. The highest BCUT2D eigenvalue weighted by molar-refractivity contribution is 6.20. The second-order valence-corrected chi connectivity index (χ2v) is 20.5. The minimum Gasteiger partial charge on any atom is -0.457 e. The summed E-state index contributed by atoms with van der Waals surface area (Å²) in [7, 11) is 0. The van der Waals surface area contributed by atoms with E-state index in [1.807, 2.05) is 0 Å². The minimum absolute atomic E-state index is 0.742. The van der Waals surface area contributed by atoms with Crippen molar-refractivity contribution in [2.24, 2.45) is 0 Å². The predicted molar refractivity (Wildman–Crippen MR) is 320 cm³/mol. The van der Waals surface area contributed by atoms with E-state index in [2.05, 4.69) is 303 Å². The number of hydrogen-bond donors (Lipinski definition) is 0. The topological polar surface area (TPSA) is 18.5 Å². The molecule has 0 unspecified atom stereocenters. The minimum atomic E-state index is -0.742. The van der Waals surface area contributed by atoms with E-state index in [0.29, 0.717) is 0 Å². The molecule has 366 valence electrons. The molecule has 0 saturated heterocycles. The molecule has 13 aromatic carbocycles. The summed E-state index contributed by atoms with van der Waals surface area (Å²) < 4.78 is 14.2. The molecule has 0 fully saturated rings. The molecule has 0 saturated carbocycles. The lowest BCUT2D eigenvalue weighted by Crippen LogP contribution is -2.34. The monoisotopic (exact) mass is 994 g/mol. The van der Waals surface area contributed by atoms with Crippen molar-refractivity contribution < 1.29 is 9.47 Å². The van der Waals surface area contributed by atoms with E-state index < -0.39 is 10.8 Å². The van der Waals surface area contributed by atoms with Crippen LogP contribution in [0.2, 0.25) is 0 Å². The van der Waals surface area contributed by atoms with Gasteiger partial charge >= 0.3 is 0 Å². The van der Waals surface area contributed by atoms with Gasteiger partial charge in [-0.2, -0.15) is 0 Å². The summed E-state index contributed by atoms with van der Waals surface area (Å²) in [6.07, 6.45) is 0. The van der Waals surface area contributed by atoms with E-state index >= 15 is 0 Å². The van der Waals surface area contributed by atoms with Gasteiger partial charge in [-0.3, -0.25) is 0 Å². The third kappa shape index (κ3) is 6.76. The van der Waals surface area contributed by atoms with Crippen LogP contribution in [0, 0.1) is 0 Å². The van der Waals surface area contributed by atoms with Crippen molar-refractivity contribution >= 4 is 21.5 Å². The van der Waals surface area contributed by atoms with Crippen LogP contribution in [-0.4, -0.2) is 0 Å². The molecule has 0 radical (unpaired) electrons. The van der Waals surface area contributed by atoms with Gasteiger partial charge in [-0.15, -0.1) is 0 Å². The van der Waals surface area contributed by atoms with Gasteiger partial charge < -0.3 is 9.47 Å². The van der Waals surface area contributed by atoms with Crippen LogP contribution in [0.15, 0.2) is 303 Å². The molecule has 0 atom stereocenters. The Hall–Kier alpha value is -10.0. The Balaban J connectivity index is 1.09. The van der Waals surface area contributed by atoms with Gasteiger partial charge in [0, 0.05) is 22.3 Å².